The largest absolute Gasteiger partial charge is 0.501 e. The molecule has 0 amide bonds. The molecule has 12 heavy (non-hydrogen) atoms. The van der Waals surface area contributed by atoms with Gasteiger partial charge in [-0.25, -0.2) is 0 Å². The van der Waals surface area contributed by atoms with Crippen LogP contribution in [0.4, 0.5) is 0 Å². The van der Waals surface area contributed by atoms with Gasteiger partial charge < -0.3 is 9.47 Å². The third-order valence-electron chi connectivity index (χ3n) is 2.09. The van der Waals surface area contributed by atoms with Crippen molar-refractivity contribution in [1.29, 1.82) is 0 Å². The third kappa shape index (κ3) is 3.26. The number of hydrogen-bond acceptors (Lipinski definition) is 2. The van der Waals surface area contributed by atoms with Crippen LogP contribution in [0.2, 0.25) is 0 Å². The summed E-state index contributed by atoms with van der Waals surface area (Å²) < 4.78 is 10.6. The second-order valence-corrected chi connectivity index (χ2v) is 3.22. The SMILES string of the molecule is CC=COCC(CCC)C1CO1. The van der Waals surface area contributed by atoms with E-state index in [1.54, 1.807) is 6.26 Å². The van der Waals surface area contributed by atoms with Crippen LogP contribution < -0.4 is 0 Å². The van der Waals surface area contributed by atoms with Gasteiger partial charge in [-0.3, -0.25) is 0 Å². The van der Waals surface area contributed by atoms with Crippen molar-refractivity contribution in [2.45, 2.75) is 32.8 Å². The zero-order valence-electron chi connectivity index (χ0n) is 7.95. The second kappa shape index (κ2) is 5.20. The lowest BCUT2D eigenvalue weighted by Crippen LogP contribution is -2.14. The van der Waals surface area contributed by atoms with Gasteiger partial charge in [0.15, 0.2) is 0 Å². The van der Waals surface area contributed by atoms with Crippen molar-refractivity contribution in [1.82, 2.24) is 0 Å². The summed E-state index contributed by atoms with van der Waals surface area (Å²) in [5.74, 6) is 0.603. The normalized spacial score (nSPS) is 24.3. The Balaban J connectivity index is 2.13. The highest BCUT2D eigenvalue weighted by Crippen LogP contribution is 2.24. The maximum Gasteiger partial charge on any atom is 0.0926 e. The van der Waals surface area contributed by atoms with E-state index in [1.807, 2.05) is 13.0 Å². The summed E-state index contributed by atoms with van der Waals surface area (Å²) in [6.07, 6.45) is 6.57. The topological polar surface area (TPSA) is 21.8 Å². The molecular weight excluding hydrogens is 152 g/mol. The predicted octanol–water partition coefficient (Wildman–Crippen LogP) is 2.35. The van der Waals surface area contributed by atoms with Crippen LogP contribution in [0.3, 0.4) is 0 Å². The second-order valence-electron chi connectivity index (χ2n) is 3.22. The average Bonchev–Trinajstić information content (AvgIpc) is 2.86. The summed E-state index contributed by atoms with van der Waals surface area (Å²) in [4.78, 5) is 0. The quantitative estimate of drug-likeness (QED) is 0.451. The zero-order valence-corrected chi connectivity index (χ0v) is 7.95. The smallest absolute Gasteiger partial charge is 0.0926 e. The Hall–Kier alpha value is -0.500. The molecule has 0 aliphatic carbocycles. The molecule has 1 fully saturated rings. The Morgan fingerprint density at radius 3 is 2.92 bits per heavy atom. The van der Waals surface area contributed by atoms with Gasteiger partial charge in [0, 0.05) is 5.92 Å². The molecule has 0 bridgehead atoms. The lowest BCUT2D eigenvalue weighted by atomic mass is 10.0. The zero-order chi connectivity index (χ0) is 8.81. The maximum absolute atomic E-state index is 5.34. The molecule has 1 aliphatic rings. The first kappa shape index (κ1) is 9.59. The lowest BCUT2D eigenvalue weighted by Gasteiger charge is -2.11. The van der Waals surface area contributed by atoms with Crippen LogP contribution in [0.1, 0.15) is 26.7 Å². The molecule has 1 aliphatic heterocycles. The van der Waals surface area contributed by atoms with Crippen molar-refractivity contribution in [2.24, 2.45) is 5.92 Å². The fourth-order valence-corrected chi connectivity index (χ4v) is 1.35. The van der Waals surface area contributed by atoms with Gasteiger partial charge in [0.1, 0.15) is 0 Å². The maximum atomic E-state index is 5.34. The molecule has 1 rings (SSSR count). The number of rotatable bonds is 6. The first-order valence-electron chi connectivity index (χ1n) is 4.72. The Morgan fingerprint density at radius 2 is 2.42 bits per heavy atom. The molecule has 70 valence electrons. The molecule has 0 spiro atoms. The first-order valence-corrected chi connectivity index (χ1v) is 4.72. The van der Waals surface area contributed by atoms with Crippen molar-refractivity contribution >= 4 is 0 Å². The Morgan fingerprint density at radius 1 is 1.67 bits per heavy atom. The summed E-state index contributed by atoms with van der Waals surface area (Å²) in [5.41, 5.74) is 0. The van der Waals surface area contributed by atoms with Crippen LogP contribution in [0.15, 0.2) is 12.3 Å². The summed E-state index contributed by atoms with van der Waals surface area (Å²) in [6.45, 7) is 5.90. The molecule has 1 saturated heterocycles. The summed E-state index contributed by atoms with van der Waals surface area (Å²) in [7, 11) is 0. The summed E-state index contributed by atoms with van der Waals surface area (Å²) >= 11 is 0. The van der Waals surface area contributed by atoms with E-state index in [0.29, 0.717) is 12.0 Å². The van der Waals surface area contributed by atoms with E-state index in [4.69, 9.17) is 9.47 Å². The lowest BCUT2D eigenvalue weighted by molar-refractivity contribution is 0.161. The minimum Gasteiger partial charge on any atom is -0.501 e. The van der Waals surface area contributed by atoms with Gasteiger partial charge in [-0.1, -0.05) is 19.4 Å². The monoisotopic (exact) mass is 170 g/mol. The molecular formula is C10H18O2. The van der Waals surface area contributed by atoms with Gasteiger partial charge in [-0.05, 0) is 13.3 Å². The highest BCUT2D eigenvalue weighted by molar-refractivity contribution is 4.79. The van der Waals surface area contributed by atoms with Gasteiger partial charge in [0.25, 0.3) is 0 Å². The van der Waals surface area contributed by atoms with Gasteiger partial charge in [0.05, 0.1) is 25.6 Å². The number of ether oxygens (including phenoxy) is 2. The van der Waals surface area contributed by atoms with E-state index in [0.717, 1.165) is 13.2 Å². The fraction of sp³-hybridized carbons (Fsp3) is 0.800. The molecule has 0 radical (unpaired) electrons. The average molecular weight is 170 g/mol. The number of epoxide rings is 1. The minimum absolute atomic E-state index is 0.482. The molecule has 0 aromatic rings. The molecule has 2 atom stereocenters. The van der Waals surface area contributed by atoms with Crippen molar-refractivity contribution in [3.63, 3.8) is 0 Å². The molecule has 1 heterocycles. The van der Waals surface area contributed by atoms with Crippen molar-refractivity contribution in [2.75, 3.05) is 13.2 Å². The minimum atomic E-state index is 0.482. The van der Waals surface area contributed by atoms with E-state index in [1.165, 1.54) is 12.8 Å². The van der Waals surface area contributed by atoms with Crippen molar-refractivity contribution in [3.05, 3.63) is 12.3 Å². The van der Waals surface area contributed by atoms with Gasteiger partial charge >= 0.3 is 0 Å². The molecule has 2 nitrogen and oxygen atoms in total. The Kier molecular flexibility index (Phi) is 4.15. The molecule has 2 heteroatoms. The van der Waals surface area contributed by atoms with E-state index >= 15 is 0 Å². The van der Waals surface area contributed by atoms with E-state index < -0.39 is 0 Å². The van der Waals surface area contributed by atoms with Crippen LogP contribution in [-0.4, -0.2) is 19.3 Å². The number of hydrogen-bond donors (Lipinski definition) is 0. The third-order valence-corrected chi connectivity index (χ3v) is 2.09. The standard InChI is InChI=1S/C10H18O2/c1-3-5-9(10-8-12-10)7-11-6-4-2/h4,6,9-10H,3,5,7-8H2,1-2H3. The van der Waals surface area contributed by atoms with E-state index in [2.05, 4.69) is 6.92 Å². The molecule has 0 aromatic heterocycles. The van der Waals surface area contributed by atoms with Crippen LogP contribution in [0.5, 0.6) is 0 Å². The Labute approximate surface area is 74.6 Å². The predicted molar refractivity (Wildman–Crippen MR) is 48.9 cm³/mol. The highest BCUT2D eigenvalue weighted by Gasteiger charge is 2.32. The van der Waals surface area contributed by atoms with Gasteiger partial charge in [-0.15, -0.1) is 0 Å². The van der Waals surface area contributed by atoms with Gasteiger partial charge in [-0.2, -0.15) is 0 Å². The molecule has 0 saturated carbocycles. The van der Waals surface area contributed by atoms with Crippen LogP contribution >= 0.6 is 0 Å². The fourth-order valence-electron chi connectivity index (χ4n) is 1.35. The van der Waals surface area contributed by atoms with Crippen LogP contribution in [0.25, 0.3) is 0 Å². The van der Waals surface area contributed by atoms with Crippen molar-refractivity contribution in [3.8, 4) is 0 Å². The Bertz CT molecular complexity index is 139. The number of allylic oxidation sites excluding steroid dienone is 1. The van der Waals surface area contributed by atoms with E-state index in [-0.39, 0.29) is 0 Å². The molecule has 2 unspecified atom stereocenters. The molecule has 0 aromatic carbocycles. The van der Waals surface area contributed by atoms with E-state index in [9.17, 15) is 0 Å². The summed E-state index contributed by atoms with van der Waals surface area (Å²) in [6, 6.07) is 0. The highest BCUT2D eigenvalue weighted by atomic mass is 16.6. The van der Waals surface area contributed by atoms with Crippen LogP contribution in [0, 0.1) is 5.92 Å². The first-order chi connectivity index (χ1) is 5.88. The van der Waals surface area contributed by atoms with Crippen molar-refractivity contribution < 1.29 is 9.47 Å². The van der Waals surface area contributed by atoms with Crippen LogP contribution in [-0.2, 0) is 9.47 Å². The molecule has 0 N–H and O–H groups in total. The summed E-state index contributed by atoms with van der Waals surface area (Å²) in [5, 5.41) is 0. The van der Waals surface area contributed by atoms with Gasteiger partial charge in [0.2, 0.25) is 0 Å².